The number of aliphatic hydroxyl groups is 1. The van der Waals surface area contributed by atoms with Gasteiger partial charge in [0.05, 0.1) is 18.8 Å². The smallest absolute Gasteiger partial charge is 0.0878 e. The molecule has 58 valence electrons. The Morgan fingerprint density at radius 2 is 2.20 bits per heavy atom. The zero-order chi connectivity index (χ0) is 7.14. The van der Waals surface area contributed by atoms with E-state index in [2.05, 4.69) is 0 Å². The number of hydrogen-bond acceptors (Lipinski definition) is 3. The van der Waals surface area contributed by atoms with Crippen LogP contribution in [0, 0.1) is 5.92 Å². The third kappa shape index (κ3) is 0.779. The lowest BCUT2D eigenvalue weighted by Gasteiger charge is -2.12. The molecule has 1 heterocycles. The molecule has 10 heavy (non-hydrogen) atoms. The predicted octanol–water partition coefficient (Wildman–Crippen LogP) is -0.517. The molecule has 1 aliphatic carbocycles. The van der Waals surface area contributed by atoms with Gasteiger partial charge in [-0.25, -0.2) is 0 Å². The fourth-order valence-electron chi connectivity index (χ4n) is 2.02. The van der Waals surface area contributed by atoms with E-state index in [1.807, 2.05) is 0 Å². The quantitative estimate of drug-likeness (QED) is 0.480. The zero-order valence-electron chi connectivity index (χ0n) is 5.86. The van der Waals surface area contributed by atoms with Crippen molar-refractivity contribution in [3.8, 4) is 0 Å². The van der Waals surface area contributed by atoms with E-state index in [1.165, 1.54) is 0 Å². The van der Waals surface area contributed by atoms with Gasteiger partial charge in [0.2, 0.25) is 0 Å². The Hall–Kier alpha value is -0.120. The molecule has 2 fully saturated rings. The van der Waals surface area contributed by atoms with Crippen LogP contribution in [0.15, 0.2) is 0 Å². The molecule has 2 aliphatic rings. The molecular formula is C7H13NO2. The van der Waals surface area contributed by atoms with E-state index >= 15 is 0 Å². The summed E-state index contributed by atoms with van der Waals surface area (Å²) in [6, 6.07) is 0.169. The molecule has 3 nitrogen and oxygen atoms in total. The van der Waals surface area contributed by atoms with Crippen molar-refractivity contribution >= 4 is 0 Å². The highest BCUT2D eigenvalue weighted by Crippen LogP contribution is 2.35. The standard InChI is InChI=1S/C7H13NO2/c8-5-3-10-7-4(5)1-2-6(7)9/h4-7,9H,1-3,8H2/t4-,5-,6+,7-/m0/s1. The molecule has 0 spiro atoms. The maximum atomic E-state index is 9.34. The van der Waals surface area contributed by atoms with Gasteiger partial charge in [0, 0.05) is 12.0 Å². The molecule has 0 amide bonds. The normalized spacial score (nSPS) is 53.4. The van der Waals surface area contributed by atoms with Crippen LogP contribution in [-0.2, 0) is 4.74 Å². The van der Waals surface area contributed by atoms with Crippen molar-refractivity contribution in [1.29, 1.82) is 0 Å². The van der Waals surface area contributed by atoms with Crippen LogP contribution in [0.25, 0.3) is 0 Å². The van der Waals surface area contributed by atoms with Gasteiger partial charge >= 0.3 is 0 Å². The van der Waals surface area contributed by atoms with E-state index in [0.717, 1.165) is 12.8 Å². The zero-order valence-corrected chi connectivity index (χ0v) is 5.86. The van der Waals surface area contributed by atoms with Gasteiger partial charge in [-0.3, -0.25) is 0 Å². The monoisotopic (exact) mass is 143 g/mol. The van der Waals surface area contributed by atoms with Crippen LogP contribution >= 0.6 is 0 Å². The van der Waals surface area contributed by atoms with Crippen molar-refractivity contribution < 1.29 is 9.84 Å². The van der Waals surface area contributed by atoms with E-state index in [1.54, 1.807) is 0 Å². The molecule has 0 bridgehead atoms. The Morgan fingerprint density at radius 1 is 1.40 bits per heavy atom. The van der Waals surface area contributed by atoms with Crippen LogP contribution in [0.4, 0.5) is 0 Å². The minimum atomic E-state index is -0.251. The van der Waals surface area contributed by atoms with Crippen LogP contribution in [0.1, 0.15) is 12.8 Å². The Kier molecular flexibility index (Phi) is 1.44. The number of fused-ring (bicyclic) bond motifs is 1. The number of rotatable bonds is 0. The lowest BCUT2D eigenvalue weighted by Crippen LogP contribution is -2.30. The summed E-state index contributed by atoms with van der Waals surface area (Å²) in [7, 11) is 0. The summed E-state index contributed by atoms with van der Waals surface area (Å²) < 4.78 is 5.33. The largest absolute Gasteiger partial charge is 0.390 e. The highest BCUT2D eigenvalue weighted by Gasteiger charge is 2.43. The Bertz CT molecular complexity index is 124. The Morgan fingerprint density at radius 3 is 2.90 bits per heavy atom. The molecule has 0 aromatic rings. The highest BCUT2D eigenvalue weighted by atomic mass is 16.5. The molecule has 1 aliphatic heterocycles. The number of hydrogen-bond donors (Lipinski definition) is 2. The average Bonchev–Trinajstić information content (AvgIpc) is 2.41. The van der Waals surface area contributed by atoms with Gasteiger partial charge in [-0.1, -0.05) is 0 Å². The van der Waals surface area contributed by atoms with Gasteiger partial charge in [-0.05, 0) is 12.8 Å². The van der Waals surface area contributed by atoms with E-state index in [-0.39, 0.29) is 18.2 Å². The number of aliphatic hydroxyl groups excluding tert-OH is 1. The summed E-state index contributed by atoms with van der Waals surface area (Å²) in [6.45, 7) is 0.631. The van der Waals surface area contributed by atoms with Crippen LogP contribution in [0.2, 0.25) is 0 Å². The van der Waals surface area contributed by atoms with Crippen LogP contribution in [0.3, 0.4) is 0 Å². The fourth-order valence-corrected chi connectivity index (χ4v) is 2.02. The second-order valence-electron chi connectivity index (χ2n) is 3.27. The molecule has 3 N–H and O–H groups in total. The first kappa shape index (κ1) is 6.58. The van der Waals surface area contributed by atoms with Gasteiger partial charge in [0.1, 0.15) is 0 Å². The number of nitrogens with two attached hydrogens (primary N) is 1. The van der Waals surface area contributed by atoms with Gasteiger partial charge in [-0.15, -0.1) is 0 Å². The first-order valence-electron chi connectivity index (χ1n) is 3.84. The molecule has 0 unspecified atom stereocenters. The summed E-state index contributed by atoms with van der Waals surface area (Å²) in [4.78, 5) is 0. The van der Waals surface area contributed by atoms with E-state index < -0.39 is 0 Å². The van der Waals surface area contributed by atoms with Crippen molar-refractivity contribution in [2.75, 3.05) is 6.61 Å². The average molecular weight is 143 g/mol. The predicted molar refractivity (Wildman–Crippen MR) is 36.4 cm³/mol. The molecular weight excluding hydrogens is 130 g/mol. The lowest BCUT2D eigenvalue weighted by atomic mass is 10.0. The summed E-state index contributed by atoms with van der Waals surface area (Å²) in [5, 5.41) is 9.34. The van der Waals surface area contributed by atoms with Gasteiger partial charge < -0.3 is 15.6 Å². The minimum absolute atomic E-state index is 0.0509. The third-order valence-corrected chi connectivity index (χ3v) is 2.63. The maximum Gasteiger partial charge on any atom is 0.0878 e. The topological polar surface area (TPSA) is 55.5 Å². The molecule has 1 saturated carbocycles. The fraction of sp³-hybridized carbons (Fsp3) is 1.00. The second kappa shape index (κ2) is 2.19. The van der Waals surface area contributed by atoms with Crippen molar-refractivity contribution in [1.82, 2.24) is 0 Å². The summed E-state index contributed by atoms with van der Waals surface area (Å²) in [5.74, 6) is 0.426. The highest BCUT2D eigenvalue weighted by molar-refractivity contribution is 4.95. The summed E-state index contributed by atoms with van der Waals surface area (Å²) in [6.07, 6.45) is 1.70. The lowest BCUT2D eigenvalue weighted by molar-refractivity contribution is 0.00659. The Balaban J connectivity index is 2.09. The second-order valence-corrected chi connectivity index (χ2v) is 3.27. The molecule has 3 heteroatoms. The van der Waals surface area contributed by atoms with Crippen molar-refractivity contribution in [2.45, 2.75) is 31.1 Å². The third-order valence-electron chi connectivity index (χ3n) is 2.63. The number of ether oxygens (including phenoxy) is 1. The van der Waals surface area contributed by atoms with Crippen molar-refractivity contribution in [3.05, 3.63) is 0 Å². The molecule has 2 rings (SSSR count). The van der Waals surface area contributed by atoms with E-state index in [4.69, 9.17) is 10.5 Å². The van der Waals surface area contributed by atoms with E-state index in [9.17, 15) is 5.11 Å². The van der Waals surface area contributed by atoms with Gasteiger partial charge in [-0.2, -0.15) is 0 Å². The van der Waals surface area contributed by atoms with Crippen molar-refractivity contribution in [2.24, 2.45) is 11.7 Å². The minimum Gasteiger partial charge on any atom is -0.390 e. The molecule has 1 saturated heterocycles. The summed E-state index contributed by atoms with van der Waals surface area (Å²) in [5.41, 5.74) is 5.75. The molecule has 0 aromatic carbocycles. The Labute approximate surface area is 60.2 Å². The van der Waals surface area contributed by atoms with E-state index in [0.29, 0.717) is 12.5 Å². The van der Waals surface area contributed by atoms with Crippen LogP contribution < -0.4 is 5.73 Å². The summed E-state index contributed by atoms with van der Waals surface area (Å²) >= 11 is 0. The molecule has 0 radical (unpaired) electrons. The van der Waals surface area contributed by atoms with Gasteiger partial charge in [0.15, 0.2) is 0 Å². The molecule has 4 atom stereocenters. The van der Waals surface area contributed by atoms with Crippen LogP contribution in [0.5, 0.6) is 0 Å². The van der Waals surface area contributed by atoms with Gasteiger partial charge in [0.25, 0.3) is 0 Å². The first-order chi connectivity index (χ1) is 4.79. The molecule has 0 aromatic heterocycles. The van der Waals surface area contributed by atoms with Crippen molar-refractivity contribution in [3.63, 3.8) is 0 Å². The first-order valence-corrected chi connectivity index (χ1v) is 3.84. The van der Waals surface area contributed by atoms with Crippen LogP contribution in [-0.4, -0.2) is 30.0 Å². The maximum absolute atomic E-state index is 9.34. The SMILES string of the molecule is N[C@H]1CO[C@H]2[C@H]1CC[C@H]2O.